The third-order valence-corrected chi connectivity index (χ3v) is 8.18. The highest BCUT2D eigenvalue weighted by atomic mass is 14.3. The number of aryl methyl sites for hydroxylation is 4. The van der Waals surface area contributed by atoms with Crippen LogP contribution in [0.2, 0.25) is 0 Å². The van der Waals surface area contributed by atoms with E-state index < -0.39 is 0 Å². The molecule has 0 saturated carbocycles. The molecule has 4 rings (SSSR count). The minimum Gasteiger partial charge on any atom is -0.0991 e. The van der Waals surface area contributed by atoms with Crippen LogP contribution in [0, 0.1) is 27.7 Å². The fourth-order valence-electron chi connectivity index (χ4n) is 4.89. The first kappa shape index (κ1) is 48.4. The molecule has 0 aliphatic heterocycles. The van der Waals surface area contributed by atoms with Crippen molar-refractivity contribution in [1.29, 1.82) is 0 Å². The van der Waals surface area contributed by atoms with E-state index in [1.54, 1.807) is 12.2 Å². The van der Waals surface area contributed by atoms with Gasteiger partial charge in [0.15, 0.2) is 0 Å². The Kier molecular flexibility index (Phi) is 25.7. The zero-order valence-corrected chi connectivity index (χ0v) is 34.9. The molecule has 4 aromatic rings. The summed E-state index contributed by atoms with van der Waals surface area (Å²) in [5, 5.41) is 0. The minimum absolute atomic E-state index is 0.0708. The molecular weight excluding hydrogens is 613 g/mol. The van der Waals surface area contributed by atoms with E-state index in [1.807, 2.05) is 67.5 Å². The van der Waals surface area contributed by atoms with Gasteiger partial charge in [-0.2, -0.15) is 0 Å². The summed E-state index contributed by atoms with van der Waals surface area (Å²) in [4.78, 5) is 0. The normalized spacial score (nSPS) is 10.3. The number of rotatable bonds is 8. The molecule has 274 valence electrons. The Labute approximate surface area is 315 Å². The smallest absolute Gasteiger partial charge is 0.0146 e. The lowest BCUT2D eigenvalue weighted by Crippen LogP contribution is -2.18. The maximum Gasteiger partial charge on any atom is 0.0146 e. The molecule has 0 spiro atoms. The Hall–Kier alpha value is -4.68. The molecule has 51 heavy (non-hydrogen) atoms. The van der Waals surface area contributed by atoms with Crippen LogP contribution in [0.1, 0.15) is 103 Å². The van der Waals surface area contributed by atoms with Crippen LogP contribution in [0.15, 0.2) is 170 Å². The molecule has 0 aliphatic carbocycles. The average Bonchev–Trinajstić information content (AvgIpc) is 3.15. The Morgan fingerprint density at radius 3 is 1.00 bits per heavy atom. The molecule has 0 amide bonds. The van der Waals surface area contributed by atoms with Crippen molar-refractivity contribution in [2.45, 2.75) is 102 Å². The second kappa shape index (κ2) is 27.1. The van der Waals surface area contributed by atoms with E-state index in [4.69, 9.17) is 0 Å². The third kappa shape index (κ3) is 16.7. The lowest BCUT2D eigenvalue weighted by atomic mass is 9.78. The molecule has 0 nitrogen and oxygen atoms in total. The van der Waals surface area contributed by atoms with Crippen molar-refractivity contribution in [3.8, 4) is 11.1 Å². The first-order chi connectivity index (χ1) is 24.3. The highest BCUT2D eigenvalue weighted by molar-refractivity contribution is 5.70. The molecule has 0 heteroatoms. The number of hydrogen-bond donors (Lipinski definition) is 0. The minimum atomic E-state index is 0.0708. The summed E-state index contributed by atoms with van der Waals surface area (Å²) in [5.41, 5.74) is 14.8. The van der Waals surface area contributed by atoms with Crippen LogP contribution in [-0.4, -0.2) is 0 Å². The zero-order chi connectivity index (χ0) is 39.6. The second-order valence-electron chi connectivity index (χ2n) is 12.1. The molecule has 0 saturated heterocycles. The molecule has 0 aliphatic rings. The first-order valence-corrected chi connectivity index (χ1v) is 18.6. The second-order valence-corrected chi connectivity index (χ2v) is 12.1. The van der Waals surface area contributed by atoms with Crippen LogP contribution in [-0.2, 0) is 5.41 Å². The Bertz CT molecular complexity index is 1520. The van der Waals surface area contributed by atoms with Crippen LogP contribution in [0.3, 0.4) is 0 Å². The highest BCUT2D eigenvalue weighted by Crippen LogP contribution is 2.31. The predicted molar refractivity (Wildman–Crippen MR) is 236 cm³/mol. The molecule has 0 N–H and O–H groups in total. The monoisotopic (exact) mass is 683 g/mol. The molecule has 4 aromatic carbocycles. The van der Waals surface area contributed by atoms with Crippen molar-refractivity contribution in [3.63, 3.8) is 0 Å². The predicted octanol–water partition coefficient (Wildman–Crippen LogP) is 16.0. The van der Waals surface area contributed by atoms with Crippen molar-refractivity contribution in [2.75, 3.05) is 0 Å². The topological polar surface area (TPSA) is 0 Å². The molecular formula is C51H70. The van der Waals surface area contributed by atoms with Gasteiger partial charge in [-0.25, -0.2) is 0 Å². The molecule has 0 bridgehead atoms. The summed E-state index contributed by atoms with van der Waals surface area (Å²) in [6.45, 7) is 44.4. The molecule has 0 atom stereocenters. The van der Waals surface area contributed by atoms with Gasteiger partial charge >= 0.3 is 0 Å². The van der Waals surface area contributed by atoms with Gasteiger partial charge in [-0.05, 0) is 97.2 Å². The Morgan fingerprint density at radius 2 is 0.745 bits per heavy atom. The van der Waals surface area contributed by atoms with Crippen molar-refractivity contribution in [2.24, 2.45) is 0 Å². The van der Waals surface area contributed by atoms with Gasteiger partial charge < -0.3 is 0 Å². The van der Waals surface area contributed by atoms with Gasteiger partial charge in [0, 0.05) is 5.41 Å². The van der Waals surface area contributed by atoms with E-state index in [2.05, 4.69) is 165 Å². The molecule has 0 fully saturated rings. The number of hydrogen-bond acceptors (Lipinski definition) is 0. The largest absolute Gasteiger partial charge is 0.0991 e. The van der Waals surface area contributed by atoms with E-state index in [9.17, 15) is 0 Å². The number of allylic oxidation sites excluding steroid dienone is 8. The molecule has 0 unspecified atom stereocenters. The SMILES string of the molecule is C=C/C=C(/C)C(=C)C(=C)/C(C)=C\C=C.CC.CC.CC.Cc1ccc(C(C)(C)c2ccc(C)cc2)cc1.Cc1ccccc1-c1ccccc1C. The highest BCUT2D eigenvalue weighted by Gasteiger charge is 2.22. The van der Waals surface area contributed by atoms with Crippen molar-refractivity contribution >= 4 is 0 Å². The summed E-state index contributed by atoms with van der Waals surface area (Å²) in [7, 11) is 0. The van der Waals surface area contributed by atoms with Crippen molar-refractivity contribution in [3.05, 3.63) is 203 Å². The van der Waals surface area contributed by atoms with Crippen molar-refractivity contribution in [1.82, 2.24) is 0 Å². The maximum absolute atomic E-state index is 3.99. The van der Waals surface area contributed by atoms with Gasteiger partial charge in [-0.1, -0.05) is 214 Å². The van der Waals surface area contributed by atoms with Crippen LogP contribution >= 0.6 is 0 Å². The fourth-order valence-corrected chi connectivity index (χ4v) is 4.89. The summed E-state index contributed by atoms with van der Waals surface area (Å²) in [6.07, 6.45) is 7.35. The Morgan fingerprint density at radius 1 is 0.471 bits per heavy atom. The lowest BCUT2D eigenvalue weighted by Gasteiger charge is -2.26. The van der Waals surface area contributed by atoms with Gasteiger partial charge in [0.2, 0.25) is 0 Å². The van der Waals surface area contributed by atoms with E-state index in [1.165, 1.54) is 44.5 Å². The van der Waals surface area contributed by atoms with E-state index in [0.29, 0.717) is 0 Å². The van der Waals surface area contributed by atoms with E-state index in [-0.39, 0.29) is 5.41 Å². The maximum atomic E-state index is 3.99. The molecule has 0 aromatic heterocycles. The van der Waals surface area contributed by atoms with Gasteiger partial charge in [0.1, 0.15) is 0 Å². The molecule has 0 radical (unpaired) electrons. The Balaban J connectivity index is 0. The third-order valence-electron chi connectivity index (χ3n) is 8.18. The summed E-state index contributed by atoms with van der Waals surface area (Å²) in [6, 6.07) is 34.7. The van der Waals surface area contributed by atoms with Crippen molar-refractivity contribution < 1.29 is 0 Å². The van der Waals surface area contributed by atoms with Crippen LogP contribution in [0.25, 0.3) is 11.1 Å². The van der Waals surface area contributed by atoms with Gasteiger partial charge in [0.05, 0.1) is 0 Å². The van der Waals surface area contributed by atoms with Gasteiger partial charge in [0.25, 0.3) is 0 Å². The molecule has 0 heterocycles. The van der Waals surface area contributed by atoms with Gasteiger partial charge in [-0.15, -0.1) is 0 Å². The summed E-state index contributed by atoms with van der Waals surface area (Å²) < 4.78 is 0. The quantitative estimate of drug-likeness (QED) is 0.162. The fraction of sp³-hybridized carbons (Fsp3) is 0.294. The lowest BCUT2D eigenvalue weighted by molar-refractivity contribution is 0.640. The van der Waals surface area contributed by atoms with E-state index >= 15 is 0 Å². The van der Waals surface area contributed by atoms with Gasteiger partial charge in [-0.3, -0.25) is 0 Å². The summed E-state index contributed by atoms with van der Waals surface area (Å²) in [5.74, 6) is 0. The standard InChI is InChI=1S/C17H20.C14H14.C14H18.3C2H6/c1-13-5-9-15(10-6-13)17(3,4)16-11-7-14(2)8-12-16;1-11-7-3-5-9-13(11)14-10-6-4-8-12(14)2;1-7-9-11(3)13(5)14(6)12(4)10-8-2;3*1-2/h5-12H,1-4H3;3-10H,1-2H3;7-10H,1-2,5-6H2,3-4H3;3*1-2H3/b;;11-9-,12-10-;;;. The zero-order valence-electron chi connectivity index (χ0n) is 34.9. The first-order valence-electron chi connectivity index (χ1n) is 18.6. The van der Waals surface area contributed by atoms with Crippen LogP contribution in [0.4, 0.5) is 0 Å². The van der Waals surface area contributed by atoms with Crippen LogP contribution in [0.5, 0.6) is 0 Å². The van der Waals surface area contributed by atoms with E-state index in [0.717, 1.165) is 22.3 Å². The number of benzene rings is 4. The summed E-state index contributed by atoms with van der Waals surface area (Å²) >= 11 is 0. The van der Waals surface area contributed by atoms with Crippen LogP contribution < -0.4 is 0 Å². The average molecular weight is 683 g/mol.